The van der Waals surface area contributed by atoms with Crippen molar-refractivity contribution in [2.24, 2.45) is 7.05 Å². The summed E-state index contributed by atoms with van der Waals surface area (Å²) in [5.74, 6) is 0.508. The van der Waals surface area contributed by atoms with Crippen LogP contribution in [0, 0.1) is 0 Å². The second-order valence-electron chi connectivity index (χ2n) is 3.86. The van der Waals surface area contributed by atoms with Gasteiger partial charge in [-0.15, -0.1) is 0 Å². The average Bonchev–Trinajstić information content (AvgIpc) is 2.62. The summed E-state index contributed by atoms with van der Waals surface area (Å²) in [5.41, 5.74) is 0. The van der Waals surface area contributed by atoms with Gasteiger partial charge in [0.25, 0.3) is 0 Å². The van der Waals surface area contributed by atoms with Crippen molar-refractivity contribution in [1.82, 2.24) is 15.1 Å². The third-order valence-corrected chi connectivity index (χ3v) is 3.59. The molecule has 1 heterocycles. The smallest absolute Gasteiger partial charge is 0.233 e. The number of hydrogen-bond acceptors (Lipinski definition) is 4. The van der Waals surface area contributed by atoms with Crippen molar-refractivity contribution < 1.29 is 8.42 Å². The highest BCUT2D eigenvalue weighted by molar-refractivity contribution is 7.92. The van der Waals surface area contributed by atoms with E-state index in [0.29, 0.717) is 12.2 Å². The Morgan fingerprint density at radius 1 is 1.41 bits per heavy atom. The van der Waals surface area contributed by atoms with Crippen molar-refractivity contribution in [3.8, 4) is 0 Å². The van der Waals surface area contributed by atoms with Crippen LogP contribution < -0.4 is 10.0 Å². The van der Waals surface area contributed by atoms with Crippen LogP contribution in [0.2, 0.25) is 0 Å². The molecule has 1 aromatic rings. The van der Waals surface area contributed by atoms with E-state index in [0.717, 1.165) is 19.5 Å². The molecule has 6 nitrogen and oxygen atoms in total. The van der Waals surface area contributed by atoms with Crippen molar-refractivity contribution in [2.75, 3.05) is 23.6 Å². The van der Waals surface area contributed by atoms with Gasteiger partial charge in [0.15, 0.2) is 5.82 Å². The Morgan fingerprint density at radius 2 is 2.18 bits per heavy atom. The van der Waals surface area contributed by atoms with Gasteiger partial charge in [-0.2, -0.15) is 5.10 Å². The molecule has 0 spiro atoms. The summed E-state index contributed by atoms with van der Waals surface area (Å²) >= 11 is 0. The molecule has 0 amide bonds. The number of nitrogens with zero attached hydrogens (tertiary/aromatic N) is 2. The van der Waals surface area contributed by atoms with Gasteiger partial charge < -0.3 is 5.32 Å². The number of anilines is 1. The summed E-state index contributed by atoms with van der Waals surface area (Å²) in [6.07, 6.45) is 3.20. The molecule has 17 heavy (non-hydrogen) atoms. The minimum absolute atomic E-state index is 0.134. The van der Waals surface area contributed by atoms with Crippen LogP contribution in [0.3, 0.4) is 0 Å². The SMILES string of the molecule is CCNCCCCS(=O)(=O)Nc1ccn(C)n1. The third kappa shape index (κ3) is 5.69. The molecular weight excluding hydrogens is 240 g/mol. The zero-order valence-electron chi connectivity index (χ0n) is 10.3. The minimum atomic E-state index is -3.26. The van der Waals surface area contributed by atoms with E-state index in [-0.39, 0.29) is 5.75 Å². The zero-order chi connectivity index (χ0) is 12.7. The molecule has 98 valence electrons. The molecule has 0 aliphatic carbocycles. The lowest BCUT2D eigenvalue weighted by molar-refractivity contribution is 0.593. The summed E-state index contributed by atoms with van der Waals surface area (Å²) in [7, 11) is -1.52. The number of aryl methyl sites for hydroxylation is 1. The molecule has 0 atom stereocenters. The van der Waals surface area contributed by atoms with Gasteiger partial charge in [-0.1, -0.05) is 6.92 Å². The highest BCUT2D eigenvalue weighted by Crippen LogP contribution is 2.05. The van der Waals surface area contributed by atoms with Crippen molar-refractivity contribution in [3.05, 3.63) is 12.3 Å². The first kappa shape index (κ1) is 14.0. The van der Waals surface area contributed by atoms with Gasteiger partial charge in [-0.25, -0.2) is 8.42 Å². The molecule has 0 saturated heterocycles. The molecule has 0 saturated carbocycles. The standard InChI is InChI=1S/C10H20N4O2S/c1-3-11-7-4-5-9-17(15,16)13-10-6-8-14(2)12-10/h6,8,11H,3-5,7,9H2,1-2H3,(H,12,13). The molecule has 0 aliphatic rings. The summed E-state index contributed by atoms with van der Waals surface area (Å²) in [6, 6.07) is 1.64. The first-order chi connectivity index (χ1) is 8.03. The van der Waals surface area contributed by atoms with Gasteiger partial charge in [0.05, 0.1) is 5.75 Å². The normalized spacial score (nSPS) is 11.6. The summed E-state index contributed by atoms with van der Waals surface area (Å²) < 4.78 is 27.3. The Kier molecular flexibility index (Phi) is 5.43. The van der Waals surface area contributed by atoms with Crippen LogP contribution >= 0.6 is 0 Å². The lowest BCUT2D eigenvalue weighted by atomic mass is 10.3. The van der Waals surface area contributed by atoms with Gasteiger partial charge in [0.1, 0.15) is 0 Å². The van der Waals surface area contributed by atoms with Crippen LogP contribution in [-0.4, -0.2) is 37.0 Å². The zero-order valence-corrected chi connectivity index (χ0v) is 11.1. The summed E-state index contributed by atoms with van der Waals surface area (Å²) in [5, 5.41) is 7.12. The fraction of sp³-hybridized carbons (Fsp3) is 0.700. The van der Waals surface area contributed by atoms with Gasteiger partial charge >= 0.3 is 0 Å². The van der Waals surface area contributed by atoms with Crippen LogP contribution in [0.25, 0.3) is 0 Å². The maximum Gasteiger partial charge on any atom is 0.233 e. The number of sulfonamides is 1. The van der Waals surface area contributed by atoms with E-state index in [1.807, 2.05) is 6.92 Å². The average molecular weight is 260 g/mol. The molecule has 0 fully saturated rings. The Balaban J connectivity index is 2.31. The molecule has 1 aromatic heterocycles. The number of unbranched alkanes of at least 4 members (excludes halogenated alkanes) is 1. The predicted octanol–water partition coefficient (Wildman–Crippen LogP) is 0.551. The van der Waals surface area contributed by atoms with Crippen LogP contribution in [0.5, 0.6) is 0 Å². The lowest BCUT2D eigenvalue weighted by Gasteiger charge is -2.05. The maximum absolute atomic E-state index is 11.7. The van der Waals surface area contributed by atoms with Crippen molar-refractivity contribution in [2.45, 2.75) is 19.8 Å². The van der Waals surface area contributed by atoms with Gasteiger partial charge in [-0.3, -0.25) is 9.40 Å². The molecule has 0 aliphatic heterocycles. The van der Waals surface area contributed by atoms with E-state index >= 15 is 0 Å². The van der Waals surface area contributed by atoms with Crippen LogP contribution in [0.15, 0.2) is 12.3 Å². The van der Waals surface area contributed by atoms with Crippen molar-refractivity contribution >= 4 is 15.8 Å². The van der Waals surface area contributed by atoms with Gasteiger partial charge in [0.2, 0.25) is 10.0 Å². The Morgan fingerprint density at radius 3 is 2.76 bits per heavy atom. The van der Waals surface area contributed by atoms with Crippen LogP contribution in [-0.2, 0) is 17.1 Å². The second-order valence-corrected chi connectivity index (χ2v) is 5.70. The van der Waals surface area contributed by atoms with Crippen LogP contribution in [0.4, 0.5) is 5.82 Å². The third-order valence-electron chi connectivity index (χ3n) is 2.24. The predicted molar refractivity (Wildman–Crippen MR) is 68.4 cm³/mol. The first-order valence-corrected chi connectivity index (χ1v) is 7.39. The fourth-order valence-corrected chi connectivity index (χ4v) is 2.51. The topological polar surface area (TPSA) is 76.0 Å². The molecular formula is C10H20N4O2S. The van der Waals surface area contributed by atoms with Crippen molar-refractivity contribution in [1.29, 1.82) is 0 Å². The van der Waals surface area contributed by atoms with E-state index < -0.39 is 10.0 Å². The Labute approximate surface area is 102 Å². The molecule has 0 radical (unpaired) electrons. The fourth-order valence-electron chi connectivity index (χ4n) is 1.40. The minimum Gasteiger partial charge on any atom is -0.317 e. The van der Waals surface area contributed by atoms with E-state index in [1.165, 1.54) is 0 Å². The van der Waals surface area contributed by atoms with Gasteiger partial charge in [-0.05, 0) is 25.9 Å². The van der Waals surface area contributed by atoms with Crippen LogP contribution in [0.1, 0.15) is 19.8 Å². The van der Waals surface area contributed by atoms with E-state index in [2.05, 4.69) is 15.1 Å². The summed E-state index contributed by atoms with van der Waals surface area (Å²) in [6.45, 7) is 3.80. The Hall–Kier alpha value is -1.08. The first-order valence-electron chi connectivity index (χ1n) is 5.74. The Bertz CT molecular complexity index is 427. The summed E-state index contributed by atoms with van der Waals surface area (Å²) in [4.78, 5) is 0. The lowest BCUT2D eigenvalue weighted by Crippen LogP contribution is -2.19. The molecule has 0 aromatic carbocycles. The second kappa shape index (κ2) is 6.61. The van der Waals surface area contributed by atoms with E-state index in [4.69, 9.17) is 0 Å². The monoisotopic (exact) mass is 260 g/mol. The highest BCUT2D eigenvalue weighted by Gasteiger charge is 2.11. The number of aromatic nitrogens is 2. The van der Waals surface area contributed by atoms with E-state index in [9.17, 15) is 8.42 Å². The molecule has 1 rings (SSSR count). The maximum atomic E-state index is 11.7. The number of hydrogen-bond donors (Lipinski definition) is 2. The quantitative estimate of drug-likeness (QED) is 0.669. The molecule has 0 bridgehead atoms. The number of nitrogens with one attached hydrogen (secondary N) is 2. The number of rotatable bonds is 8. The van der Waals surface area contributed by atoms with Gasteiger partial charge in [0, 0.05) is 19.3 Å². The van der Waals surface area contributed by atoms with Crippen molar-refractivity contribution in [3.63, 3.8) is 0 Å². The molecule has 7 heteroatoms. The largest absolute Gasteiger partial charge is 0.317 e. The highest BCUT2D eigenvalue weighted by atomic mass is 32.2. The molecule has 2 N–H and O–H groups in total. The molecule has 0 unspecified atom stereocenters. The van der Waals surface area contributed by atoms with E-state index in [1.54, 1.807) is 24.0 Å².